The van der Waals surface area contributed by atoms with E-state index in [4.69, 9.17) is 4.74 Å². The number of benzene rings is 1. The summed E-state index contributed by atoms with van der Waals surface area (Å²) in [5.41, 5.74) is 4.73. The molecule has 0 saturated carbocycles. The highest BCUT2D eigenvalue weighted by Crippen LogP contribution is 2.33. The third kappa shape index (κ3) is 4.69. The molecule has 0 amide bonds. The van der Waals surface area contributed by atoms with Crippen LogP contribution < -0.4 is 10.1 Å². The highest BCUT2D eigenvalue weighted by molar-refractivity contribution is 9.10. The van der Waals surface area contributed by atoms with Crippen molar-refractivity contribution < 1.29 is 4.74 Å². The van der Waals surface area contributed by atoms with Crippen molar-refractivity contribution in [1.29, 1.82) is 0 Å². The van der Waals surface area contributed by atoms with Gasteiger partial charge in [-0.3, -0.25) is 0 Å². The number of halogens is 1. The molecule has 2 aromatic rings. The third-order valence-corrected chi connectivity index (χ3v) is 4.55. The Balaban J connectivity index is 2.26. The summed E-state index contributed by atoms with van der Waals surface area (Å²) in [6.45, 7) is 11.0. The van der Waals surface area contributed by atoms with Gasteiger partial charge in [0.1, 0.15) is 10.3 Å². The number of rotatable bonds is 7. The second-order valence-electron chi connectivity index (χ2n) is 6.19. The van der Waals surface area contributed by atoms with Gasteiger partial charge in [-0.2, -0.15) is 4.98 Å². The van der Waals surface area contributed by atoms with Gasteiger partial charge < -0.3 is 10.1 Å². The fraction of sp³-hybridized carbons (Fsp3) is 0.474. The van der Waals surface area contributed by atoms with Crippen molar-refractivity contribution in [3.05, 3.63) is 39.1 Å². The first kappa shape index (κ1) is 18.7. The van der Waals surface area contributed by atoms with E-state index in [2.05, 4.69) is 71.0 Å². The molecule has 2 rings (SSSR count). The van der Waals surface area contributed by atoms with Crippen LogP contribution in [-0.4, -0.2) is 16.6 Å². The Bertz CT molecular complexity index is 693. The minimum atomic E-state index is 0.600. The van der Waals surface area contributed by atoms with E-state index in [1.54, 1.807) is 0 Å². The first-order chi connectivity index (χ1) is 11.4. The number of aromatic nitrogens is 2. The van der Waals surface area contributed by atoms with Crippen LogP contribution in [-0.2, 0) is 0 Å². The zero-order valence-electron chi connectivity index (χ0n) is 15.2. The van der Waals surface area contributed by atoms with E-state index in [1.165, 1.54) is 23.1 Å². The highest BCUT2D eigenvalue weighted by Gasteiger charge is 2.14. The lowest BCUT2D eigenvalue weighted by atomic mass is 10.1. The van der Waals surface area contributed by atoms with Gasteiger partial charge in [-0.15, -0.1) is 0 Å². The second kappa shape index (κ2) is 8.47. The second-order valence-corrected chi connectivity index (χ2v) is 6.99. The molecule has 4 nitrogen and oxygen atoms in total. The Morgan fingerprint density at radius 3 is 2.33 bits per heavy atom. The molecule has 1 N–H and O–H groups in total. The van der Waals surface area contributed by atoms with Gasteiger partial charge in [0.15, 0.2) is 5.82 Å². The molecule has 1 aromatic heterocycles. The van der Waals surface area contributed by atoms with Crippen LogP contribution in [0.15, 0.2) is 16.6 Å². The van der Waals surface area contributed by atoms with Crippen LogP contribution in [0.5, 0.6) is 5.88 Å². The van der Waals surface area contributed by atoms with Gasteiger partial charge in [0.25, 0.3) is 0 Å². The van der Waals surface area contributed by atoms with E-state index >= 15 is 0 Å². The van der Waals surface area contributed by atoms with Crippen LogP contribution in [0, 0.1) is 27.7 Å². The van der Waals surface area contributed by atoms with Crippen molar-refractivity contribution in [1.82, 2.24) is 9.97 Å². The Hall–Kier alpha value is -1.62. The van der Waals surface area contributed by atoms with E-state index in [-0.39, 0.29) is 0 Å². The minimum Gasteiger partial charge on any atom is -0.477 e. The van der Waals surface area contributed by atoms with Crippen LogP contribution in [0.25, 0.3) is 0 Å². The van der Waals surface area contributed by atoms with Gasteiger partial charge >= 0.3 is 0 Å². The van der Waals surface area contributed by atoms with Crippen LogP contribution >= 0.6 is 15.9 Å². The number of hydrogen-bond donors (Lipinski definition) is 1. The number of hydrogen-bond acceptors (Lipinski definition) is 4. The Morgan fingerprint density at radius 2 is 1.71 bits per heavy atom. The van der Waals surface area contributed by atoms with Crippen LogP contribution in [0.2, 0.25) is 0 Å². The van der Waals surface area contributed by atoms with E-state index in [9.17, 15) is 0 Å². The molecule has 0 bridgehead atoms. The van der Waals surface area contributed by atoms with Crippen molar-refractivity contribution in [3.63, 3.8) is 0 Å². The van der Waals surface area contributed by atoms with Crippen molar-refractivity contribution in [3.8, 4) is 5.88 Å². The lowest BCUT2D eigenvalue weighted by Crippen LogP contribution is -2.06. The maximum absolute atomic E-state index is 5.84. The lowest BCUT2D eigenvalue weighted by molar-refractivity contribution is 0.292. The highest BCUT2D eigenvalue weighted by atomic mass is 79.9. The number of anilines is 2. The van der Waals surface area contributed by atoms with E-state index in [1.807, 2.05) is 6.92 Å². The van der Waals surface area contributed by atoms with E-state index in [0.717, 1.165) is 28.8 Å². The fourth-order valence-electron chi connectivity index (χ4n) is 2.73. The first-order valence-corrected chi connectivity index (χ1v) is 9.23. The third-order valence-electron chi connectivity index (χ3n) is 3.84. The average molecular weight is 392 g/mol. The molecule has 0 fully saturated rings. The monoisotopic (exact) mass is 391 g/mol. The van der Waals surface area contributed by atoms with Crippen molar-refractivity contribution in [2.24, 2.45) is 0 Å². The summed E-state index contributed by atoms with van der Waals surface area (Å²) in [6.07, 6.45) is 3.37. The lowest BCUT2D eigenvalue weighted by Gasteiger charge is -2.16. The summed E-state index contributed by atoms with van der Waals surface area (Å²) in [5, 5.41) is 3.44. The topological polar surface area (TPSA) is 47.0 Å². The molecular formula is C19H26BrN3O. The van der Waals surface area contributed by atoms with Gasteiger partial charge in [-0.25, -0.2) is 4.98 Å². The number of ether oxygens (including phenoxy) is 1. The number of aryl methyl sites for hydroxylation is 4. The van der Waals surface area contributed by atoms with Crippen molar-refractivity contribution in [2.45, 2.75) is 53.9 Å². The maximum atomic E-state index is 5.84. The van der Waals surface area contributed by atoms with Gasteiger partial charge in [0, 0.05) is 5.69 Å². The summed E-state index contributed by atoms with van der Waals surface area (Å²) in [7, 11) is 0. The van der Waals surface area contributed by atoms with Gasteiger partial charge in [0.05, 0.1) is 6.61 Å². The molecule has 0 atom stereocenters. The zero-order chi connectivity index (χ0) is 17.7. The Kier molecular flexibility index (Phi) is 6.60. The Labute approximate surface area is 153 Å². The van der Waals surface area contributed by atoms with E-state index < -0.39 is 0 Å². The average Bonchev–Trinajstić information content (AvgIpc) is 2.51. The van der Waals surface area contributed by atoms with Crippen LogP contribution in [0.3, 0.4) is 0 Å². The fourth-order valence-corrected chi connectivity index (χ4v) is 3.12. The number of unbranched alkanes of at least 4 members (excludes halogenated alkanes) is 2. The van der Waals surface area contributed by atoms with E-state index in [0.29, 0.717) is 18.3 Å². The van der Waals surface area contributed by atoms with Gasteiger partial charge in [0.2, 0.25) is 5.88 Å². The maximum Gasteiger partial charge on any atom is 0.233 e. The molecule has 1 heterocycles. The molecule has 0 saturated heterocycles. The predicted octanol–water partition coefficient (Wildman–Crippen LogP) is 5.79. The number of nitrogens with zero attached hydrogens (tertiary/aromatic N) is 2. The molecule has 0 aliphatic rings. The van der Waals surface area contributed by atoms with Crippen LogP contribution in [0.4, 0.5) is 11.5 Å². The largest absolute Gasteiger partial charge is 0.477 e. The van der Waals surface area contributed by atoms with Crippen molar-refractivity contribution in [2.75, 3.05) is 11.9 Å². The van der Waals surface area contributed by atoms with Gasteiger partial charge in [-0.05, 0) is 61.2 Å². The molecular weight excluding hydrogens is 366 g/mol. The molecule has 0 aliphatic heterocycles. The summed E-state index contributed by atoms with van der Waals surface area (Å²) in [5.74, 6) is 2.03. The summed E-state index contributed by atoms with van der Waals surface area (Å²) >= 11 is 3.59. The minimum absolute atomic E-state index is 0.600. The molecule has 24 heavy (non-hydrogen) atoms. The molecule has 0 radical (unpaired) electrons. The normalized spacial score (nSPS) is 10.8. The molecule has 0 spiro atoms. The molecule has 0 aliphatic carbocycles. The summed E-state index contributed by atoms with van der Waals surface area (Å²) in [6, 6.07) is 4.33. The van der Waals surface area contributed by atoms with Crippen LogP contribution in [0.1, 0.15) is 48.7 Å². The predicted molar refractivity (Wildman–Crippen MR) is 103 cm³/mol. The zero-order valence-corrected chi connectivity index (χ0v) is 16.7. The molecule has 0 unspecified atom stereocenters. The first-order valence-electron chi connectivity index (χ1n) is 8.44. The van der Waals surface area contributed by atoms with Crippen molar-refractivity contribution >= 4 is 27.4 Å². The molecule has 5 heteroatoms. The smallest absolute Gasteiger partial charge is 0.233 e. The SMILES string of the molecule is CCCCCOc1nc(C)nc(Nc2c(C)cc(C)cc2C)c1Br. The quantitative estimate of drug-likeness (QED) is 0.607. The molecule has 130 valence electrons. The summed E-state index contributed by atoms with van der Waals surface area (Å²) in [4.78, 5) is 8.94. The Morgan fingerprint density at radius 1 is 1.04 bits per heavy atom. The standard InChI is InChI=1S/C19H26BrN3O/c1-6-7-8-9-24-19-16(20)18(21-15(5)22-19)23-17-13(3)10-12(2)11-14(17)4/h10-11H,6-9H2,1-5H3,(H,21,22,23). The molecule has 1 aromatic carbocycles. The number of nitrogens with one attached hydrogen (secondary N) is 1. The van der Waals surface area contributed by atoms with Gasteiger partial charge in [-0.1, -0.05) is 37.5 Å². The summed E-state index contributed by atoms with van der Waals surface area (Å²) < 4.78 is 6.61.